The fourth-order valence-corrected chi connectivity index (χ4v) is 3.26. The van der Waals surface area contributed by atoms with Crippen molar-refractivity contribution in [3.63, 3.8) is 0 Å². The van der Waals surface area contributed by atoms with Crippen molar-refractivity contribution in [3.05, 3.63) is 0 Å². The average Bonchev–Trinajstić information content (AvgIpc) is 2.69. The zero-order valence-electron chi connectivity index (χ0n) is 9.41. The van der Waals surface area contributed by atoms with Crippen LogP contribution in [-0.2, 0) is 0 Å². The number of likely N-dealkylation sites (tertiary alicyclic amines) is 1. The van der Waals surface area contributed by atoms with Gasteiger partial charge in [-0.15, -0.1) is 0 Å². The molecule has 1 heterocycles. The van der Waals surface area contributed by atoms with Crippen LogP contribution in [0.5, 0.6) is 0 Å². The zero-order valence-corrected chi connectivity index (χ0v) is 9.41. The third-order valence-electron chi connectivity index (χ3n) is 3.95. The lowest BCUT2D eigenvalue weighted by atomic mass is 9.89. The standard InChI is InChI=1S/C12H24N2/c1-10-6-11(7-13)9-14(8-10)12-4-2-3-5-12/h10-12H,2-9,13H2,1H3. The van der Waals surface area contributed by atoms with Gasteiger partial charge in [-0.05, 0) is 37.6 Å². The van der Waals surface area contributed by atoms with Gasteiger partial charge in [-0.25, -0.2) is 0 Å². The molecule has 2 rings (SSSR count). The molecule has 0 aromatic heterocycles. The maximum Gasteiger partial charge on any atom is 0.00954 e. The van der Waals surface area contributed by atoms with Gasteiger partial charge in [0.15, 0.2) is 0 Å². The minimum atomic E-state index is 0.763. The summed E-state index contributed by atoms with van der Waals surface area (Å²) in [5, 5.41) is 0. The van der Waals surface area contributed by atoms with Gasteiger partial charge in [0.05, 0.1) is 0 Å². The third kappa shape index (κ3) is 2.29. The molecule has 2 unspecified atom stereocenters. The summed E-state index contributed by atoms with van der Waals surface area (Å²) in [5.41, 5.74) is 5.80. The molecule has 0 bridgehead atoms. The summed E-state index contributed by atoms with van der Waals surface area (Å²) in [5.74, 6) is 1.62. The molecule has 0 aromatic rings. The highest BCUT2D eigenvalue weighted by atomic mass is 15.2. The van der Waals surface area contributed by atoms with E-state index >= 15 is 0 Å². The molecule has 2 N–H and O–H groups in total. The smallest absolute Gasteiger partial charge is 0.00954 e. The largest absolute Gasteiger partial charge is 0.330 e. The molecule has 1 saturated carbocycles. The predicted octanol–water partition coefficient (Wildman–Crippen LogP) is 1.85. The Morgan fingerprint density at radius 3 is 2.57 bits per heavy atom. The van der Waals surface area contributed by atoms with Gasteiger partial charge in [0.1, 0.15) is 0 Å². The van der Waals surface area contributed by atoms with Crippen LogP contribution >= 0.6 is 0 Å². The first-order valence-corrected chi connectivity index (χ1v) is 6.23. The first kappa shape index (κ1) is 10.4. The normalized spacial score (nSPS) is 36.4. The van der Waals surface area contributed by atoms with Crippen LogP contribution in [0.25, 0.3) is 0 Å². The van der Waals surface area contributed by atoms with E-state index in [0.717, 1.165) is 24.4 Å². The minimum Gasteiger partial charge on any atom is -0.330 e. The van der Waals surface area contributed by atoms with Gasteiger partial charge in [-0.1, -0.05) is 19.8 Å². The summed E-state index contributed by atoms with van der Waals surface area (Å²) in [6.45, 7) is 5.85. The van der Waals surface area contributed by atoms with E-state index in [4.69, 9.17) is 5.73 Å². The van der Waals surface area contributed by atoms with Gasteiger partial charge in [-0.2, -0.15) is 0 Å². The van der Waals surface area contributed by atoms with Crippen LogP contribution in [-0.4, -0.2) is 30.6 Å². The van der Waals surface area contributed by atoms with Crippen molar-refractivity contribution in [3.8, 4) is 0 Å². The Kier molecular flexibility index (Phi) is 3.45. The van der Waals surface area contributed by atoms with E-state index in [1.54, 1.807) is 0 Å². The quantitative estimate of drug-likeness (QED) is 0.730. The van der Waals surface area contributed by atoms with Crippen LogP contribution in [0.2, 0.25) is 0 Å². The van der Waals surface area contributed by atoms with Crippen LogP contribution in [0, 0.1) is 11.8 Å². The van der Waals surface area contributed by atoms with Gasteiger partial charge >= 0.3 is 0 Å². The van der Waals surface area contributed by atoms with Crippen molar-refractivity contribution in [1.29, 1.82) is 0 Å². The van der Waals surface area contributed by atoms with Crippen molar-refractivity contribution in [2.75, 3.05) is 19.6 Å². The lowest BCUT2D eigenvalue weighted by Crippen LogP contribution is -2.46. The Balaban J connectivity index is 1.90. The molecule has 1 aliphatic heterocycles. The summed E-state index contributed by atoms with van der Waals surface area (Å²) >= 11 is 0. The summed E-state index contributed by atoms with van der Waals surface area (Å²) < 4.78 is 0. The molecule has 2 atom stereocenters. The molecule has 2 aliphatic rings. The Hall–Kier alpha value is -0.0800. The molecule has 0 spiro atoms. The van der Waals surface area contributed by atoms with Crippen LogP contribution in [0.1, 0.15) is 39.0 Å². The monoisotopic (exact) mass is 196 g/mol. The first-order chi connectivity index (χ1) is 6.79. The third-order valence-corrected chi connectivity index (χ3v) is 3.95. The second-order valence-electron chi connectivity index (χ2n) is 5.33. The Morgan fingerprint density at radius 2 is 1.93 bits per heavy atom. The Labute approximate surface area is 87.8 Å². The van der Waals surface area contributed by atoms with Crippen molar-refractivity contribution >= 4 is 0 Å². The van der Waals surface area contributed by atoms with E-state index < -0.39 is 0 Å². The van der Waals surface area contributed by atoms with E-state index in [1.165, 1.54) is 45.2 Å². The van der Waals surface area contributed by atoms with Crippen LogP contribution in [0.15, 0.2) is 0 Å². The summed E-state index contributed by atoms with van der Waals surface area (Å²) in [7, 11) is 0. The number of hydrogen-bond donors (Lipinski definition) is 1. The van der Waals surface area contributed by atoms with E-state index in [-0.39, 0.29) is 0 Å². The summed E-state index contributed by atoms with van der Waals surface area (Å²) in [6, 6.07) is 0.895. The molecule has 82 valence electrons. The molecule has 0 amide bonds. The zero-order chi connectivity index (χ0) is 9.97. The summed E-state index contributed by atoms with van der Waals surface area (Å²) in [4.78, 5) is 2.72. The second kappa shape index (κ2) is 4.63. The van der Waals surface area contributed by atoms with Gasteiger partial charge in [0.25, 0.3) is 0 Å². The number of nitrogens with zero attached hydrogens (tertiary/aromatic N) is 1. The SMILES string of the molecule is CC1CC(CN)CN(C2CCCC2)C1. The van der Waals surface area contributed by atoms with E-state index in [9.17, 15) is 0 Å². The first-order valence-electron chi connectivity index (χ1n) is 6.23. The predicted molar refractivity (Wildman–Crippen MR) is 60.2 cm³/mol. The highest BCUT2D eigenvalue weighted by molar-refractivity contribution is 4.84. The maximum absolute atomic E-state index is 5.80. The molecule has 1 saturated heterocycles. The van der Waals surface area contributed by atoms with Crippen LogP contribution < -0.4 is 5.73 Å². The molecule has 1 aliphatic carbocycles. The molecular weight excluding hydrogens is 172 g/mol. The Morgan fingerprint density at radius 1 is 1.21 bits per heavy atom. The van der Waals surface area contributed by atoms with Gasteiger partial charge in [0.2, 0.25) is 0 Å². The van der Waals surface area contributed by atoms with E-state index in [1.807, 2.05) is 0 Å². The van der Waals surface area contributed by atoms with E-state index in [2.05, 4.69) is 11.8 Å². The Bertz CT molecular complexity index is 175. The average molecular weight is 196 g/mol. The number of nitrogens with two attached hydrogens (primary N) is 1. The molecule has 14 heavy (non-hydrogen) atoms. The van der Waals surface area contributed by atoms with Crippen LogP contribution in [0.4, 0.5) is 0 Å². The van der Waals surface area contributed by atoms with Gasteiger partial charge in [-0.3, -0.25) is 4.90 Å². The lowest BCUT2D eigenvalue weighted by Gasteiger charge is -2.39. The van der Waals surface area contributed by atoms with Gasteiger partial charge in [0, 0.05) is 19.1 Å². The number of hydrogen-bond acceptors (Lipinski definition) is 2. The molecule has 2 fully saturated rings. The number of rotatable bonds is 2. The lowest BCUT2D eigenvalue weighted by molar-refractivity contribution is 0.0940. The number of piperidine rings is 1. The maximum atomic E-state index is 5.80. The molecular formula is C12H24N2. The topological polar surface area (TPSA) is 29.3 Å². The van der Waals surface area contributed by atoms with Crippen molar-refractivity contribution in [2.24, 2.45) is 17.6 Å². The molecule has 0 aromatic carbocycles. The van der Waals surface area contributed by atoms with Crippen molar-refractivity contribution < 1.29 is 0 Å². The fraction of sp³-hybridized carbons (Fsp3) is 1.00. The molecule has 2 heteroatoms. The second-order valence-corrected chi connectivity index (χ2v) is 5.33. The van der Waals surface area contributed by atoms with Crippen molar-refractivity contribution in [2.45, 2.75) is 45.1 Å². The minimum absolute atomic E-state index is 0.763. The van der Waals surface area contributed by atoms with Crippen molar-refractivity contribution in [1.82, 2.24) is 4.90 Å². The van der Waals surface area contributed by atoms with E-state index in [0.29, 0.717) is 0 Å². The highest BCUT2D eigenvalue weighted by Gasteiger charge is 2.29. The highest BCUT2D eigenvalue weighted by Crippen LogP contribution is 2.29. The molecule has 0 radical (unpaired) electrons. The molecule has 2 nitrogen and oxygen atoms in total. The fourth-order valence-electron chi connectivity index (χ4n) is 3.26. The summed E-state index contributed by atoms with van der Waals surface area (Å²) in [6.07, 6.45) is 7.11. The van der Waals surface area contributed by atoms with Crippen LogP contribution in [0.3, 0.4) is 0 Å². The van der Waals surface area contributed by atoms with Gasteiger partial charge < -0.3 is 5.73 Å².